The Morgan fingerprint density at radius 3 is 2.41 bits per heavy atom. The highest BCUT2D eigenvalue weighted by molar-refractivity contribution is 5.92. The molecule has 0 aliphatic heterocycles. The Bertz CT molecular complexity index is 654. The van der Waals surface area contributed by atoms with Crippen LogP contribution in [0.3, 0.4) is 0 Å². The number of para-hydroxylation sites is 1. The Morgan fingerprint density at radius 1 is 1.18 bits per heavy atom. The smallest absolute Gasteiger partial charge is 0.272 e. The van der Waals surface area contributed by atoms with Crippen LogP contribution in [0.15, 0.2) is 30.5 Å². The van der Waals surface area contributed by atoms with E-state index in [1.54, 1.807) is 4.90 Å². The molecular weight excluding hydrogens is 290 g/mol. The van der Waals surface area contributed by atoms with Crippen molar-refractivity contribution in [1.82, 2.24) is 14.9 Å². The number of nitrogens with one attached hydrogen (secondary N) is 1. The molecule has 1 amide bonds. The van der Waals surface area contributed by atoms with E-state index in [1.165, 1.54) is 18.3 Å². The van der Waals surface area contributed by atoms with Crippen LogP contribution in [0.2, 0.25) is 0 Å². The first kappa shape index (κ1) is 15.8. The number of benzene rings is 1. The average molecular weight is 306 g/mol. The summed E-state index contributed by atoms with van der Waals surface area (Å²) in [6.45, 7) is 4.81. The topological polar surface area (TPSA) is 58.1 Å². The number of carbonyl (C=O) groups excluding carboxylic acids is 1. The van der Waals surface area contributed by atoms with E-state index in [-0.39, 0.29) is 23.2 Å². The Balaban J connectivity index is 2.27. The van der Waals surface area contributed by atoms with Crippen molar-refractivity contribution in [2.75, 3.05) is 18.4 Å². The van der Waals surface area contributed by atoms with Crippen molar-refractivity contribution in [3.63, 3.8) is 0 Å². The zero-order chi connectivity index (χ0) is 16.1. The maximum atomic E-state index is 13.6. The first-order valence-electron chi connectivity index (χ1n) is 6.90. The van der Waals surface area contributed by atoms with E-state index in [1.807, 2.05) is 13.8 Å². The standard InChI is InChI=1S/C15H16F2N4O/c1-3-21(4-2)14(22)12-8-9-18-15(19-12)20-13-10(16)6-5-7-11(13)17/h5-9H,3-4H2,1-2H3,(H,18,19,20). The number of carbonyl (C=O) groups is 1. The summed E-state index contributed by atoms with van der Waals surface area (Å²) in [5, 5.41) is 2.47. The second kappa shape index (κ2) is 6.93. The molecule has 1 heterocycles. The molecule has 7 heteroatoms. The molecule has 1 aromatic heterocycles. The minimum Gasteiger partial charge on any atom is -0.338 e. The Hall–Kier alpha value is -2.57. The second-order valence-corrected chi connectivity index (χ2v) is 4.46. The first-order chi connectivity index (χ1) is 10.6. The largest absolute Gasteiger partial charge is 0.338 e. The maximum absolute atomic E-state index is 13.6. The van der Waals surface area contributed by atoms with Gasteiger partial charge in [-0.25, -0.2) is 18.7 Å². The number of hydrogen-bond donors (Lipinski definition) is 1. The quantitative estimate of drug-likeness (QED) is 0.922. The molecule has 0 aliphatic rings. The van der Waals surface area contributed by atoms with Crippen LogP contribution in [-0.2, 0) is 0 Å². The average Bonchev–Trinajstić information content (AvgIpc) is 2.52. The van der Waals surface area contributed by atoms with Crippen LogP contribution < -0.4 is 5.32 Å². The molecule has 1 N–H and O–H groups in total. The van der Waals surface area contributed by atoms with Crippen LogP contribution in [-0.4, -0.2) is 33.9 Å². The van der Waals surface area contributed by atoms with Gasteiger partial charge in [0, 0.05) is 19.3 Å². The van der Waals surface area contributed by atoms with Crippen LogP contribution in [0.25, 0.3) is 0 Å². The number of hydrogen-bond acceptors (Lipinski definition) is 4. The summed E-state index contributed by atoms with van der Waals surface area (Å²) in [4.78, 5) is 21.7. The normalized spacial score (nSPS) is 10.4. The van der Waals surface area contributed by atoms with Gasteiger partial charge in [0.05, 0.1) is 0 Å². The molecule has 0 radical (unpaired) electrons. The van der Waals surface area contributed by atoms with Gasteiger partial charge in [-0.3, -0.25) is 4.79 Å². The van der Waals surface area contributed by atoms with Crippen molar-refractivity contribution in [3.05, 3.63) is 47.8 Å². The van der Waals surface area contributed by atoms with Gasteiger partial charge in [0.2, 0.25) is 5.95 Å². The van der Waals surface area contributed by atoms with E-state index < -0.39 is 11.6 Å². The van der Waals surface area contributed by atoms with Gasteiger partial charge in [-0.05, 0) is 32.0 Å². The molecule has 1 aromatic carbocycles. The van der Waals surface area contributed by atoms with Crippen LogP contribution in [0.5, 0.6) is 0 Å². The van der Waals surface area contributed by atoms with Gasteiger partial charge in [0.1, 0.15) is 23.0 Å². The highest BCUT2D eigenvalue weighted by Gasteiger charge is 2.16. The van der Waals surface area contributed by atoms with Crippen molar-refractivity contribution in [3.8, 4) is 0 Å². The number of aromatic nitrogens is 2. The van der Waals surface area contributed by atoms with E-state index in [2.05, 4.69) is 15.3 Å². The molecule has 0 unspecified atom stereocenters. The Labute approximate surface area is 127 Å². The maximum Gasteiger partial charge on any atom is 0.272 e. The van der Waals surface area contributed by atoms with E-state index in [9.17, 15) is 13.6 Å². The lowest BCUT2D eigenvalue weighted by Gasteiger charge is -2.18. The molecule has 0 saturated carbocycles. The molecule has 116 valence electrons. The van der Waals surface area contributed by atoms with Gasteiger partial charge < -0.3 is 10.2 Å². The molecular formula is C15H16F2N4O. The molecule has 0 bridgehead atoms. The third kappa shape index (κ3) is 3.36. The van der Waals surface area contributed by atoms with Crippen LogP contribution >= 0.6 is 0 Å². The lowest BCUT2D eigenvalue weighted by atomic mass is 10.3. The third-order valence-corrected chi connectivity index (χ3v) is 3.12. The molecule has 0 saturated heterocycles. The SMILES string of the molecule is CCN(CC)C(=O)c1ccnc(Nc2c(F)cccc2F)n1. The summed E-state index contributed by atoms with van der Waals surface area (Å²) in [6, 6.07) is 4.97. The summed E-state index contributed by atoms with van der Waals surface area (Å²) in [5.74, 6) is -1.82. The van der Waals surface area contributed by atoms with Crippen molar-refractivity contribution < 1.29 is 13.6 Å². The van der Waals surface area contributed by atoms with Crippen LogP contribution in [0.1, 0.15) is 24.3 Å². The minimum atomic E-state index is -0.760. The number of anilines is 2. The van der Waals surface area contributed by atoms with E-state index >= 15 is 0 Å². The van der Waals surface area contributed by atoms with Crippen molar-refractivity contribution >= 4 is 17.5 Å². The van der Waals surface area contributed by atoms with Gasteiger partial charge in [-0.1, -0.05) is 6.07 Å². The van der Waals surface area contributed by atoms with Gasteiger partial charge in [0.15, 0.2) is 0 Å². The van der Waals surface area contributed by atoms with Crippen LogP contribution in [0, 0.1) is 11.6 Å². The molecule has 0 atom stereocenters. The summed E-state index contributed by atoms with van der Waals surface area (Å²) in [5.41, 5.74) is -0.187. The van der Waals surface area contributed by atoms with Gasteiger partial charge in [-0.15, -0.1) is 0 Å². The highest BCUT2D eigenvalue weighted by Crippen LogP contribution is 2.21. The first-order valence-corrected chi connectivity index (χ1v) is 6.90. The van der Waals surface area contributed by atoms with Gasteiger partial charge >= 0.3 is 0 Å². The number of nitrogens with zero attached hydrogens (tertiary/aromatic N) is 3. The van der Waals surface area contributed by atoms with Gasteiger partial charge in [0.25, 0.3) is 5.91 Å². The molecule has 22 heavy (non-hydrogen) atoms. The van der Waals surface area contributed by atoms with Crippen molar-refractivity contribution in [1.29, 1.82) is 0 Å². The predicted molar refractivity (Wildman–Crippen MR) is 78.9 cm³/mol. The summed E-state index contributed by atoms with van der Waals surface area (Å²) < 4.78 is 27.2. The Morgan fingerprint density at radius 2 is 1.82 bits per heavy atom. The molecule has 2 rings (SSSR count). The zero-order valence-electron chi connectivity index (χ0n) is 12.3. The summed E-state index contributed by atoms with van der Waals surface area (Å²) in [6.07, 6.45) is 1.37. The number of halogens is 2. The summed E-state index contributed by atoms with van der Waals surface area (Å²) >= 11 is 0. The van der Waals surface area contributed by atoms with E-state index in [4.69, 9.17) is 0 Å². The zero-order valence-corrected chi connectivity index (χ0v) is 12.3. The highest BCUT2D eigenvalue weighted by atomic mass is 19.1. The van der Waals surface area contributed by atoms with Crippen molar-refractivity contribution in [2.24, 2.45) is 0 Å². The van der Waals surface area contributed by atoms with E-state index in [0.29, 0.717) is 13.1 Å². The molecule has 0 spiro atoms. The molecule has 5 nitrogen and oxygen atoms in total. The molecule has 0 aliphatic carbocycles. The molecule has 0 fully saturated rings. The minimum absolute atomic E-state index is 0.0398. The second-order valence-electron chi connectivity index (χ2n) is 4.46. The number of rotatable bonds is 5. The van der Waals surface area contributed by atoms with E-state index in [0.717, 1.165) is 12.1 Å². The van der Waals surface area contributed by atoms with Gasteiger partial charge in [-0.2, -0.15) is 0 Å². The number of amides is 1. The fourth-order valence-electron chi connectivity index (χ4n) is 1.94. The monoisotopic (exact) mass is 306 g/mol. The lowest BCUT2D eigenvalue weighted by molar-refractivity contribution is 0.0767. The van der Waals surface area contributed by atoms with Crippen LogP contribution in [0.4, 0.5) is 20.4 Å². The fourth-order valence-corrected chi connectivity index (χ4v) is 1.94. The lowest BCUT2D eigenvalue weighted by Crippen LogP contribution is -2.31. The fraction of sp³-hybridized carbons (Fsp3) is 0.267. The Kier molecular flexibility index (Phi) is 4.98. The van der Waals surface area contributed by atoms with Crippen molar-refractivity contribution in [2.45, 2.75) is 13.8 Å². The third-order valence-electron chi connectivity index (χ3n) is 3.12. The summed E-state index contributed by atoms with van der Waals surface area (Å²) in [7, 11) is 0. The molecule has 2 aromatic rings. The predicted octanol–water partition coefficient (Wildman–Crippen LogP) is 2.98.